The van der Waals surface area contributed by atoms with Gasteiger partial charge < -0.3 is 18.6 Å². The van der Waals surface area contributed by atoms with Crippen LogP contribution in [0, 0.1) is 6.92 Å². The van der Waals surface area contributed by atoms with Gasteiger partial charge in [0.25, 0.3) is 0 Å². The summed E-state index contributed by atoms with van der Waals surface area (Å²) in [6.07, 6.45) is 9.06. The number of ether oxygens (including phenoxy) is 1. The van der Waals surface area contributed by atoms with Crippen molar-refractivity contribution in [1.82, 2.24) is 18.8 Å². The molecule has 29 heavy (non-hydrogen) atoms. The van der Waals surface area contributed by atoms with Crippen molar-refractivity contribution >= 4 is 11.3 Å². The molecule has 1 unspecified atom stereocenters. The van der Waals surface area contributed by atoms with E-state index in [1.165, 1.54) is 22.5 Å². The highest BCUT2D eigenvalue weighted by Crippen LogP contribution is 2.26. The second kappa shape index (κ2) is 7.87. The maximum Gasteiger partial charge on any atom is 0.140 e. The van der Waals surface area contributed by atoms with Crippen molar-refractivity contribution in [2.75, 3.05) is 13.2 Å². The second-order valence-corrected chi connectivity index (χ2v) is 8.01. The topological polar surface area (TPSA) is 64.1 Å². The molecule has 4 rings (SSSR count). The van der Waals surface area contributed by atoms with Crippen molar-refractivity contribution in [2.24, 2.45) is 0 Å². The van der Waals surface area contributed by atoms with Gasteiger partial charge in [-0.25, -0.2) is 9.97 Å². The van der Waals surface area contributed by atoms with Crippen molar-refractivity contribution in [3.63, 3.8) is 0 Å². The Bertz CT molecular complexity index is 1140. The maximum atomic E-state index is 8.93. The number of rotatable bonds is 7. The number of pyridine rings is 2. The van der Waals surface area contributed by atoms with E-state index in [1.807, 2.05) is 30.7 Å². The minimum absolute atomic E-state index is 0.00109. The molecule has 1 N–H and O–H groups in total. The van der Waals surface area contributed by atoms with Crippen LogP contribution in [0.25, 0.3) is 11.3 Å². The molecular formula is C23H28N4O2. The minimum atomic E-state index is 0.00109. The standard InChI is InChI=1S/C23H28N4O2/c1-15(2)20-12-25-23-17(4)10-18(14-27(20)23)9-16(3)21-13-24-22-11-19(29-8-7-28)5-6-26(21)22/h5-6,10-16,28H,7-9H2,1-4H3. The third-order valence-electron chi connectivity index (χ3n) is 5.39. The van der Waals surface area contributed by atoms with E-state index in [0.29, 0.717) is 11.8 Å². The number of hydrogen-bond acceptors (Lipinski definition) is 4. The van der Waals surface area contributed by atoms with Crippen LogP contribution >= 0.6 is 0 Å². The van der Waals surface area contributed by atoms with Gasteiger partial charge in [0.1, 0.15) is 23.7 Å². The summed E-state index contributed by atoms with van der Waals surface area (Å²) in [5.74, 6) is 1.45. The van der Waals surface area contributed by atoms with Crippen LogP contribution in [0.3, 0.4) is 0 Å². The van der Waals surface area contributed by atoms with Crippen LogP contribution in [0.2, 0.25) is 0 Å². The van der Waals surface area contributed by atoms with Crippen molar-refractivity contribution in [1.29, 1.82) is 0 Å². The van der Waals surface area contributed by atoms with Gasteiger partial charge in [-0.2, -0.15) is 0 Å². The van der Waals surface area contributed by atoms with Crippen molar-refractivity contribution in [3.8, 4) is 5.75 Å². The fourth-order valence-corrected chi connectivity index (χ4v) is 3.94. The Morgan fingerprint density at radius 1 is 1.07 bits per heavy atom. The van der Waals surface area contributed by atoms with E-state index in [2.05, 4.69) is 58.7 Å². The van der Waals surface area contributed by atoms with Gasteiger partial charge in [0.15, 0.2) is 0 Å². The molecule has 1 atom stereocenters. The molecule has 6 nitrogen and oxygen atoms in total. The van der Waals surface area contributed by atoms with Gasteiger partial charge in [0.05, 0.1) is 6.61 Å². The highest BCUT2D eigenvalue weighted by atomic mass is 16.5. The summed E-state index contributed by atoms with van der Waals surface area (Å²) in [7, 11) is 0. The van der Waals surface area contributed by atoms with Gasteiger partial charge in [-0.3, -0.25) is 0 Å². The molecule has 0 aromatic carbocycles. The molecule has 0 saturated carbocycles. The summed E-state index contributed by atoms with van der Waals surface area (Å²) >= 11 is 0. The fraction of sp³-hybridized carbons (Fsp3) is 0.391. The van der Waals surface area contributed by atoms with Gasteiger partial charge in [-0.1, -0.05) is 26.8 Å². The average molecular weight is 393 g/mol. The number of fused-ring (bicyclic) bond motifs is 2. The molecule has 0 saturated heterocycles. The van der Waals surface area contributed by atoms with E-state index >= 15 is 0 Å². The van der Waals surface area contributed by atoms with Crippen LogP contribution in [0.5, 0.6) is 5.75 Å². The first-order valence-corrected chi connectivity index (χ1v) is 10.1. The lowest BCUT2D eigenvalue weighted by Gasteiger charge is -2.14. The monoisotopic (exact) mass is 392 g/mol. The summed E-state index contributed by atoms with van der Waals surface area (Å²) in [6.45, 7) is 9.05. The SMILES string of the molecule is Cc1cc(CC(C)c2cnc3cc(OCCO)ccn23)cn2c(C(C)C)cnc12. The summed E-state index contributed by atoms with van der Waals surface area (Å²) in [5.41, 5.74) is 6.79. The van der Waals surface area contributed by atoms with E-state index in [-0.39, 0.29) is 13.2 Å². The molecule has 0 spiro atoms. The molecule has 0 radical (unpaired) electrons. The summed E-state index contributed by atoms with van der Waals surface area (Å²) in [6, 6.07) is 6.06. The van der Waals surface area contributed by atoms with E-state index in [9.17, 15) is 0 Å². The summed E-state index contributed by atoms with van der Waals surface area (Å²) in [5, 5.41) is 8.93. The Kier molecular flexibility index (Phi) is 5.28. The minimum Gasteiger partial charge on any atom is -0.491 e. The lowest BCUT2D eigenvalue weighted by molar-refractivity contribution is 0.201. The highest BCUT2D eigenvalue weighted by molar-refractivity contribution is 5.51. The zero-order chi connectivity index (χ0) is 20.5. The molecule has 4 aromatic heterocycles. The Morgan fingerprint density at radius 3 is 2.62 bits per heavy atom. The molecular weight excluding hydrogens is 364 g/mol. The summed E-state index contributed by atoms with van der Waals surface area (Å²) in [4.78, 5) is 9.15. The van der Waals surface area contributed by atoms with Gasteiger partial charge >= 0.3 is 0 Å². The number of aliphatic hydroxyl groups excluding tert-OH is 1. The van der Waals surface area contributed by atoms with Crippen molar-refractivity contribution < 1.29 is 9.84 Å². The van der Waals surface area contributed by atoms with Gasteiger partial charge in [0.2, 0.25) is 0 Å². The predicted molar refractivity (Wildman–Crippen MR) is 114 cm³/mol. The number of aromatic nitrogens is 4. The van der Waals surface area contributed by atoms with Crippen molar-refractivity contribution in [2.45, 2.75) is 46.0 Å². The Balaban J connectivity index is 1.62. The fourth-order valence-electron chi connectivity index (χ4n) is 3.94. The molecule has 0 fully saturated rings. The third kappa shape index (κ3) is 3.72. The molecule has 0 aliphatic carbocycles. The van der Waals surface area contributed by atoms with Crippen LogP contribution in [0.4, 0.5) is 0 Å². The number of nitrogens with zero attached hydrogens (tertiary/aromatic N) is 4. The van der Waals surface area contributed by atoms with E-state index in [1.54, 1.807) is 0 Å². The van der Waals surface area contributed by atoms with Gasteiger partial charge in [-0.05, 0) is 36.5 Å². The first-order chi connectivity index (χ1) is 14.0. The molecule has 6 heteroatoms. The lowest BCUT2D eigenvalue weighted by Crippen LogP contribution is -2.05. The normalized spacial score (nSPS) is 12.9. The predicted octanol–water partition coefficient (Wildman–Crippen LogP) is 4.13. The van der Waals surface area contributed by atoms with Crippen LogP contribution in [0.15, 0.2) is 43.0 Å². The molecule has 4 aromatic rings. The zero-order valence-corrected chi connectivity index (χ0v) is 17.5. The van der Waals surface area contributed by atoms with Gasteiger partial charge in [-0.15, -0.1) is 0 Å². The maximum absolute atomic E-state index is 8.93. The number of imidazole rings is 2. The molecule has 0 aliphatic rings. The highest BCUT2D eigenvalue weighted by Gasteiger charge is 2.15. The molecule has 152 valence electrons. The van der Waals surface area contributed by atoms with Crippen LogP contribution in [0.1, 0.15) is 55.1 Å². The van der Waals surface area contributed by atoms with Crippen LogP contribution < -0.4 is 4.74 Å². The zero-order valence-electron chi connectivity index (χ0n) is 17.5. The first kappa shape index (κ1) is 19.5. The molecule has 0 amide bonds. The van der Waals surface area contributed by atoms with Crippen molar-refractivity contribution in [3.05, 3.63) is 65.5 Å². The molecule has 4 heterocycles. The molecule has 0 bridgehead atoms. The van der Waals surface area contributed by atoms with E-state index in [4.69, 9.17) is 9.84 Å². The number of aryl methyl sites for hydroxylation is 1. The lowest BCUT2D eigenvalue weighted by atomic mass is 9.98. The van der Waals surface area contributed by atoms with E-state index in [0.717, 1.165) is 23.5 Å². The quantitative estimate of drug-likeness (QED) is 0.514. The number of aliphatic hydroxyl groups is 1. The second-order valence-electron chi connectivity index (χ2n) is 8.01. The van der Waals surface area contributed by atoms with Crippen LogP contribution in [-0.2, 0) is 6.42 Å². The molecule has 0 aliphatic heterocycles. The van der Waals surface area contributed by atoms with Crippen LogP contribution in [-0.4, -0.2) is 37.1 Å². The largest absolute Gasteiger partial charge is 0.491 e. The Labute approximate surface area is 170 Å². The number of hydrogen-bond donors (Lipinski definition) is 1. The van der Waals surface area contributed by atoms with Gasteiger partial charge in [0, 0.05) is 48.2 Å². The van der Waals surface area contributed by atoms with E-state index < -0.39 is 0 Å². The summed E-state index contributed by atoms with van der Waals surface area (Å²) < 4.78 is 9.84. The third-order valence-corrected chi connectivity index (χ3v) is 5.39. The Hall–Kier alpha value is -2.86. The Morgan fingerprint density at radius 2 is 1.86 bits per heavy atom. The smallest absolute Gasteiger partial charge is 0.140 e. The average Bonchev–Trinajstić information content (AvgIpc) is 3.30. The first-order valence-electron chi connectivity index (χ1n) is 10.1.